The Morgan fingerprint density at radius 1 is 1.16 bits per heavy atom. The van der Waals surface area contributed by atoms with E-state index in [1.54, 1.807) is 7.05 Å². The maximum atomic E-state index is 14.5. The zero-order chi connectivity index (χ0) is 23.0. The van der Waals surface area contributed by atoms with Gasteiger partial charge in [-0.05, 0) is 41.7 Å². The van der Waals surface area contributed by atoms with Crippen molar-refractivity contribution in [3.05, 3.63) is 47.7 Å². The summed E-state index contributed by atoms with van der Waals surface area (Å²) >= 11 is 0. The molecular weight excluding hydrogens is 416 g/mol. The van der Waals surface area contributed by atoms with Crippen LogP contribution in [-0.2, 0) is 11.8 Å². The summed E-state index contributed by atoms with van der Waals surface area (Å²) in [4.78, 5) is 10.7. The number of hydrogen-bond donors (Lipinski definition) is 3. The van der Waals surface area contributed by atoms with Crippen LogP contribution in [0.1, 0.15) is 31.5 Å². The molecule has 0 aliphatic heterocycles. The molecule has 0 spiro atoms. The fourth-order valence-electron chi connectivity index (χ4n) is 3.83. The Balaban J connectivity index is 2.00. The maximum absolute atomic E-state index is 14.5. The summed E-state index contributed by atoms with van der Waals surface area (Å²) in [7, 11) is 3.01. The van der Waals surface area contributed by atoms with Gasteiger partial charge in [-0.2, -0.15) is 13.2 Å². The highest BCUT2D eigenvalue weighted by Gasteiger charge is 2.56. The first-order valence-corrected chi connectivity index (χ1v) is 9.54. The molecule has 0 aliphatic carbocycles. The van der Waals surface area contributed by atoms with Crippen LogP contribution in [0.5, 0.6) is 5.88 Å². The Morgan fingerprint density at radius 3 is 2.48 bits per heavy atom. The fourth-order valence-corrected chi connectivity index (χ4v) is 3.83. The Bertz CT molecular complexity index is 1080. The number of aromatic nitrogens is 3. The van der Waals surface area contributed by atoms with Gasteiger partial charge in [-0.25, -0.2) is 14.4 Å². The van der Waals surface area contributed by atoms with Gasteiger partial charge in [0.15, 0.2) is 5.60 Å². The van der Waals surface area contributed by atoms with E-state index < -0.39 is 35.9 Å². The summed E-state index contributed by atoms with van der Waals surface area (Å²) in [5, 5.41) is 14.1. The second kappa shape index (κ2) is 7.99. The van der Waals surface area contributed by atoms with Crippen LogP contribution in [0.3, 0.4) is 0 Å². The van der Waals surface area contributed by atoms with E-state index in [0.29, 0.717) is 16.7 Å². The molecule has 0 radical (unpaired) electrons. The first kappa shape index (κ1) is 22.8. The fraction of sp³-hybridized carbons (Fsp3) is 0.429. The molecule has 1 unspecified atom stereocenters. The van der Waals surface area contributed by atoms with Crippen molar-refractivity contribution in [3.8, 4) is 5.88 Å². The molecule has 1 aromatic carbocycles. The first-order chi connectivity index (χ1) is 14.4. The van der Waals surface area contributed by atoms with Gasteiger partial charge in [0.25, 0.3) is 0 Å². The maximum Gasteiger partial charge on any atom is 0.417 e. The van der Waals surface area contributed by atoms with E-state index in [2.05, 4.69) is 20.3 Å². The van der Waals surface area contributed by atoms with Gasteiger partial charge in [-0.1, -0.05) is 13.8 Å². The number of halogens is 4. The largest absolute Gasteiger partial charge is 0.480 e. The molecule has 0 aliphatic rings. The second-order valence-corrected chi connectivity index (χ2v) is 8.15. The summed E-state index contributed by atoms with van der Waals surface area (Å²) < 4.78 is 61.8. The van der Waals surface area contributed by atoms with E-state index in [4.69, 9.17) is 4.74 Å². The monoisotopic (exact) mass is 440 g/mol. The summed E-state index contributed by atoms with van der Waals surface area (Å²) in [5.74, 6) is -0.437. The van der Waals surface area contributed by atoms with E-state index in [0.717, 1.165) is 0 Å². The number of hydrogen-bond acceptors (Lipinski definition) is 5. The lowest BCUT2D eigenvalue weighted by Gasteiger charge is -2.38. The number of nitrogens with zero attached hydrogens (tertiary/aromatic N) is 2. The molecule has 0 saturated heterocycles. The third-order valence-electron chi connectivity index (χ3n) is 5.37. The molecule has 31 heavy (non-hydrogen) atoms. The van der Waals surface area contributed by atoms with Crippen LogP contribution in [-0.4, -0.2) is 46.0 Å². The number of benzene rings is 1. The molecule has 3 rings (SSSR count). The van der Waals surface area contributed by atoms with Gasteiger partial charge >= 0.3 is 6.18 Å². The van der Waals surface area contributed by atoms with Gasteiger partial charge in [0.1, 0.15) is 17.8 Å². The van der Waals surface area contributed by atoms with Gasteiger partial charge in [-0.3, -0.25) is 0 Å². The number of aromatic amines is 1. The Labute approximate surface area is 176 Å². The lowest BCUT2D eigenvalue weighted by molar-refractivity contribution is -0.266. The van der Waals surface area contributed by atoms with E-state index in [-0.39, 0.29) is 17.1 Å². The summed E-state index contributed by atoms with van der Waals surface area (Å²) in [6, 6.07) is 5.55. The minimum absolute atomic E-state index is 0.0752. The number of rotatable bonds is 7. The van der Waals surface area contributed by atoms with Crippen molar-refractivity contribution in [2.75, 3.05) is 19.5 Å². The number of ether oxygens (including phenoxy) is 1. The highest BCUT2D eigenvalue weighted by molar-refractivity contribution is 5.81. The quantitative estimate of drug-likeness (QED) is 0.476. The molecule has 0 fully saturated rings. The number of fused-ring (bicyclic) bond motifs is 1. The van der Waals surface area contributed by atoms with Crippen LogP contribution < -0.4 is 10.1 Å². The van der Waals surface area contributed by atoms with Gasteiger partial charge in [0, 0.05) is 24.8 Å². The standard InChI is InChI=1S/C21H24F4N4O2/c1-19(2,15-8-12(26-3)5-6-16(15)22)10-20(30,21(23,24)25)9-13-7-14-17(29-13)27-11-28-18(14)31-4/h5-8,11,26,30H,9-10H2,1-4H3,(H,27,28,29). The number of methoxy groups -OCH3 is 1. The minimum atomic E-state index is -4.96. The van der Waals surface area contributed by atoms with Crippen molar-refractivity contribution in [1.29, 1.82) is 0 Å². The topological polar surface area (TPSA) is 83.1 Å². The number of H-pyrrole nitrogens is 1. The van der Waals surface area contributed by atoms with Crippen molar-refractivity contribution in [2.24, 2.45) is 0 Å². The molecule has 6 nitrogen and oxygen atoms in total. The number of nitrogens with one attached hydrogen (secondary N) is 2. The smallest absolute Gasteiger partial charge is 0.417 e. The van der Waals surface area contributed by atoms with Crippen molar-refractivity contribution in [1.82, 2.24) is 15.0 Å². The Morgan fingerprint density at radius 2 is 1.87 bits per heavy atom. The highest BCUT2D eigenvalue weighted by Crippen LogP contribution is 2.44. The molecule has 0 amide bonds. The van der Waals surface area contributed by atoms with E-state index in [1.165, 1.54) is 51.6 Å². The average Bonchev–Trinajstić information content (AvgIpc) is 3.08. The molecule has 168 valence electrons. The summed E-state index contributed by atoms with van der Waals surface area (Å²) in [6.07, 6.45) is -5.27. The van der Waals surface area contributed by atoms with E-state index in [9.17, 15) is 22.7 Å². The van der Waals surface area contributed by atoms with Gasteiger partial charge < -0.3 is 20.1 Å². The molecule has 3 N–H and O–H groups in total. The molecule has 1 atom stereocenters. The summed E-state index contributed by atoms with van der Waals surface area (Å²) in [5.41, 5.74) is -3.43. The van der Waals surface area contributed by atoms with Crippen LogP contribution in [0.25, 0.3) is 11.0 Å². The van der Waals surface area contributed by atoms with Crippen LogP contribution in [0, 0.1) is 5.82 Å². The third-order valence-corrected chi connectivity index (χ3v) is 5.37. The van der Waals surface area contributed by atoms with E-state index in [1.807, 2.05) is 0 Å². The first-order valence-electron chi connectivity index (χ1n) is 9.54. The zero-order valence-electron chi connectivity index (χ0n) is 17.6. The van der Waals surface area contributed by atoms with Gasteiger partial charge in [-0.15, -0.1) is 0 Å². The Kier molecular flexibility index (Phi) is 5.88. The van der Waals surface area contributed by atoms with E-state index >= 15 is 0 Å². The van der Waals surface area contributed by atoms with Crippen LogP contribution in [0.15, 0.2) is 30.6 Å². The van der Waals surface area contributed by atoms with Crippen molar-refractivity contribution < 1.29 is 27.4 Å². The molecule has 2 aromatic heterocycles. The molecule has 2 heterocycles. The molecule has 0 bridgehead atoms. The number of anilines is 1. The van der Waals surface area contributed by atoms with Gasteiger partial charge in [0.05, 0.1) is 12.5 Å². The molecule has 0 saturated carbocycles. The lowest BCUT2D eigenvalue weighted by Crippen LogP contribution is -2.51. The average molecular weight is 440 g/mol. The van der Waals surface area contributed by atoms with Crippen molar-refractivity contribution in [2.45, 2.75) is 43.9 Å². The normalized spacial score (nSPS) is 14.5. The van der Waals surface area contributed by atoms with Gasteiger partial charge in [0.2, 0.25) is 5.88 Å². The SMILES string of the molecule is CNc1ccc(F)c(C(C)(C)CC(O)(Cc2cc3c(OC)ncnc3[nH]2)C(F)(F)F)c1. The lowest BCUT2D eigenvalue weighted by atomic mass is 9.73. The second-order valence-electron chi connectivity index (χ2n) is 8.15. The number of alkyl halides is 3. The number of aliphatic hydroxyl groups is 1. The molecular formula is C21H24F4N4O2. The van der Waals surface area contributed by atoms with Crippen LogP contribution in [0.4, 0.5) is 23.2 Å². The Hall–Kier alpha value is -2.88. The molecule has 10 heteroatoms. The highest BCUT2D eigenvalue weighted by atomic mass is 19.4. The predicted octanol–water partition coefficient (Wildman–Crippen LogP) is 4.35. The predicted molar refractivity (Wildman–Crippen MR) is 109 cm³/mol. The van der Waals surface area contributed by atoms with Crippen LogP contribution >= 0.6 is 0 Å². The van der Waals surface area contributed by atoms with Crippen molar-refractivity contribution >= 4 is 16.7 Å². The summed E-state index contributed by atoms with van der Waals surface area (Å²) in [6.45, 7) is 2.95. The molecule has 3 aromatic rings. The third kappa shape index (κ3) is 4.43. The minimum Gasteiger partial charge on any atom is -0.480 e. The zero-order valence-corrected chi connectivity index (χ0v) is 17.6. The van der Waals surface area contributed by atoms with Crippen molar-refractivity contribution in [3.63, 3.8) is 0 Å². The van der Waals surface area contributed by atoms with Crippen LogP contribution in [0.2, 0.25) is 0 Å².